The largest absolute Gasteiger partial charge is 0.481 e. The Balaban J connectivity index is 3.56. The quantitative estimate of drug-likeness (QED) is 0.404. The molecule has 1 atom stereocenters. The monoisotopic (exact) mass is 226 g/mol. The van der Waals surface area contributed by atoms with Gasteiger partial charge in [-0.1, -0.05) is 0 Å². The summed E-state index contributed by atoms with van der Waals surface area (Å²) < 4.78 is 0. The first kappa shape index (κ1) is 14.5. The highest BCUT2D eigenvalue weighted by molar-refractivity contribution is 5.82. The van der Waals surface area contributed by atoms with Crippen LogP contribution in [-0.2, 0) is 9.59 Å². The van der Waals surface area contributed by atoms with Crippen LogP contribution in [0.2, 0.25) is 0 Å². The van der Waals surface area contributed by atoms with Crippen LogP contribution in [0.25, 0.3) is 0 Å². The van der Waals surface area contributed by atoms with Crippen molar-refractivity contribution < 1.29 is 14.7 Å². The third-order valence-electron chi connectivity index (χ3n) is 2.05. The highest BCUT2D eigenvalue weighted by Gasteiger charge is 2.13. The molecule has 0 saturated heterocycles. The summed E-state index contributed by atoms with van der Waals surface area (Å²) in [5.74, 6) is 1.26. The van der Waals surface area contributed by atoms with Gasteiger partial charge in [-0.05, 0) is 19.3 Å². The molecule has 0 aromatic rings. The highest BCUT2D eigenvalue weighted by Crippen LogP contribution is 1.96. The Bertz CT molecular complexity index is 271. The van der Waals surface area contributed by atoms with Crippen LogP contribution in [-0.4, -0.2) is 29.6 Å². The Kier molecular flexibility index (Phi) is 7.90. The first-order valence-corrected chi connectivity index (χ1v) is 5.26. The molecule has 1 unspecified atom stereocenters. The second-order valence-electron chi connectivity index (χ2n) is 3.49. The van der Waals surface area contributed by atoms with Crippen molar-refractivity contribution in [2.45, 2.75) is 38.1 Å². The Hall–Kier alpha value is -1.54. The number of carbonyl (C=O) groups excluding carboxylic acids is 1. The van der Waals surface area contributed by atoms with Crippen LogP contribution in [0.5, 0.6) is 0 Å². The molecule has 0 aliphatic rings. The number of hydrogen-bond donors (Lipinski definition) is 3. The van der Waals surface area contributed by atoms with Gasteiger partial charge >= 0.3 is 5.97 Å². The van der Waals surface area contributed by atoms with E-state index in [1.165, 1.54) is 0 Å². The fourth-order valence-electron chi connectivity index (χ4n) is 1.10. The summed E-state index contributed by atoms with van der Waals surface area (Å²) in [7, 11) is 0. The molecule has 4 N–H and O–H groups in total. The Morgan fingerprint density at radius 2 is 2.12 bits per heavy atom. The topological polar surface area (TPSA) is 92.4 Å². The second-order valence-corrected chi connectivity index (χ2v) is 3.49. The molecule has 0 aromatic heterocycles. The number of nitrogens with two attached hydrogens (primary N) is 1. The van der Waals surface area contributed by atoms with Crippen molar-refractivity contribution in [1.82, 2.24) is 5.32 Å². The van der Waals surface area contributed by atoms with Gasteiger partial charge in [0.1, 0.15) is 0 Å². The van der Waals surface area contributed by atoms with Crippen molar-refractivity contribution in [2.24, 2.45) is 5.73 Å². The summed E-state index contributed by atoms with van der Waals surface area (Å²) in [6.45, 7) is 0.529. The molecule has 0 saturated carbocycles. The van der Waals surface area contributed by atoms with Crippen LogP contribution < -0.4 is 11.1 Å². The maximum absolute atomic E-state index is 11.3. The van der Waals surface area contributed by atoms with Crippen LogP contribution in [0, 0.1) is 12.3 Å². The maximum atomic E-state index is 11.3. The van der Waals surface area contributed by atoms with Crippen LogP contribution in [0.3, 0.4) is 0 Å². The molecule has 16 heavy (non-hydrogen) atoms. The minimum Gasteiger partial charge on any atom is -0.481 e. The van der Waals surface area contributed by atoms with E-state index in [2.05, 4.69) is 11.2 Å². The van der Waals surface area contributed by atoms with Gasteiger partial charge in [0.2, 0.25) is 5.91 Å². The number of amides is 1. The molecule has 0 heterocycles. The first-order valence-electron chi connectivity index (χ1n) is 5.26. The fourth-order valence-corrected chi connectivity index (χ4v) is 1.10. The average molecular weight is 226 g/mol. The van der Waals surface area contributed by atoms with Gasteiger partial charge in [0.25, 0.3) is 0 Å². The number of carboxylic acids is 1. The lowest BCUT2D eigenvalue weighted by Crippen LogP contribution is -2.41. The molecular formula is C11H18N2O3. The molecule has 0 aliphatic carbocycles. The van der Waals surface area contributed by atoms with Crippen molar-refractivity contribution in [3.8, 4) is 12.3 Å². The number of carbonyl (C=O) groups is 2. The van der Waals surface area contributed by atoms with Crippen molar-refractivity contribution in [1.29, 1.82) is 0 Å². The molecule has 0 bridgehead atoms. The normalized spacial score (nSPS) is 11.5. The zero-order valence-electron chi connectivity index (χ0n) is 9.24. The van der Waals surface area contributed by atoms with E-state index in [0.29, 0.717) is 13.0 Å². The van der Waals surface area contributed by atoms with Gasteiger partial charge < -0.3 is 16.2 Å². The number of rotatable bonds is 8. The van der Waals surface area contributed by atoms with E-state index < -0.39 is 12.0 Å². The molecular weight excluding hydrogens is 208 g/mol. The molecule has 5 nitrogen and oxygen atoms in total. The number of terminal acetylenes is 1. The molecule has 0 fully saturated rings. The highest BCUT2D eigenvalue weighted by atomic mass is 16.4. The summed E-state index contributed by atoms with van der Waals surface area (Å²) >= 11 is 0. The third kappa shape index (κ3) is 7.83. The predicted octanol–water partition coefficient (Wildman–Crippen LogP) is 0.0982. The third-order valence-corrected chi connectivity index (χ3v) is 2.05. The molecule has 0 aliphatic heterocycles. The average Bonchev–Trinajstić information content (AvgIpc) is 2.25. The Morgan fingerprint density at radius 3 is 2.69 bits per heavy atom. The number of nitrogens with one attached hydrogen (secondary N) is 1. The van der Waals surface area contributed by atoms with Crippen LogP contribution in [0.15, 0.2) is 0 Å². The lowest BCUT2D eigenvalue weighted by atomic mass is 10.1. The molecule has 90 valence electrons. The van der Waals surface area contributed by atoms with E-state index >= 15 is 0 Å². The lowest BCUT2D eigenvalue weighted by Gasteiger charge is -2.10. The summed E-state index contributed by atoms with van der Waals surface area (Å²) in [6, 6.07) is -0.747. The van der Waals surface area contributed by atoms with E-state index in [9.17, 15) is 9.59 Å². The van der Waals surface area contributed by atoms with Crippen LogP contribution in [0.1, 0.15) is 32.1 Å². The van der Waals surface area contributed by atoms with Gasteiger partial charge in [0, 0.05) is 19.4 Å². The zero-order valence-corrected chi connectivity index (χ0v) is 9.24. The van der Waals surface area contributed by atoms with Crippen molar-refractivity contribution in [3.05, 3.63) is 0 Å². The standard InChI is InChI=1S/C11H18N2O3/c1-2-3-4-5-8-13-11(16)9(12)6-7-10(14)15/h1,9H,3-8,12H2,(H,13,16)(H,14,15). The van der Waals surface area contributed by atoms with Gasteiger partial charge in [-0.3, -0.25) is 9.59 Å². The van der Waals surface area contributed by atoms with E-state index in [-0.39, 0.29) is 18.7 Å². The fraction of sp³-hybridized carbons (Fsp3) is 0.636. The van der Waals surface area contributed by atoms with Crippen LogP contribution >= 0.6 is 0 Å². The van der Waals surface area contributed by atoms with E-state index in [1.807, 2.05) is 0 Å². The Morgan fingerprint density at radius 1 is 1.44 bits per heavy atom. The lowest BCUT2D eigenvalue weighted by molar-refractivity contribution is -0.137. The number of unbranched alkanes of at least 4 members (excludes halogenated alkanes) is 2. The van der Waals surface area contributed by atoms with Gasteiger partial charge in [-0.25, -0.2) is 0 Å². The summed E-state index contributed by atoms with van der Waals surface area (Å²) in [4.78, 5) is 21.6. The van der Waals surface area contributed by atoms with Gasteiger partial charge in [0.15, 0.2) is 0 Å². The van der Waals surface area contributed by atoms with E-state index in [4.69, 9.17) is 17.3 Å². The molecule has 0 aromatic carbocycles. The van der Waals surface area contributed by atoms with Crippen molar-refractivity contribution >= 4 is 11.9 Å². The summed E-state index contributed by atoms with van der Waals surface area (Å²) in [5.41, 5.74) is 5.50. The summed E-state index contributed by atoms with van der Waals surface area (Å²) in [6.07, 6.45) is 7.51. The summed E-state index contributed by atoms with van der Waals surface area (Å²) in [5, 5.41) is 11.1. The van der Waals surface area contributed by atoms with E-state index in [0.717, 1.165) is 12.8 Å². The molecule has 0 rings (SSSR count). The van der Waals surface area contributed by atoms with Crippen LogP contribution in [0.4, 0.5) is 0 Å². The SMILES string of the molecule is C#CCCCCNC(=O)C(N)CCC(=O)O. The first-order chi connectivity index (χ1) is 7.57. The van der Waals surface area contributed by atoms with Gasteiger partial charge in [-0.15, -0.1) is 12.3 Å². The molecule has 0 radical (unpaired) electrons. The minimum absolute atomic E-state index is 0.0916. The second kappa shape index (κ2) is 8.74. The predicted molar refractivity (Wildman–Crippen MR) is 60.5 cm³/mol. The van der Waals surface area contributed by atoms with Gasteiger partial charge in [-0.2, -0.15) is 0 Å². The van der Waals surface area contributed by atoms with E-state index in [1.54, 1.807) is 0 Å². The number of carboxylic acid groups (broad SMARTS) is 1. The van der Waals surface area contributed by atoms with Crippen molar-refractivity contribution in [3.63, 3.8) is 0 Å². The maximum Gasteiger partial charge on any atom is 0.303 e. The van der Waals surface area contributed by atoms with Crippen molar-refractivity contribution in [2.75, 3.05) is 6.54 Å². The minimum atomic E-state index is -0.947. The smallest absolute Gasteiger partial charge is 0.303 e. The molecule has 0 spiro atoms. The van der Waals surface area contributed by atoms with Gasteiger partial charge in [0.05, 0.1) is 6.04 Å². The molecule has 1 amide bonds. The zero-order chi connectivity index (χ0) is 12.4. The number of hydrogen-bond acceptors (Lipinski definition) is 3. The Labute approximate surface area is 95.4 Å². The molecule has 5 heteroatoms. The number of aliphatic carboxylic acids is 1.